The van der Waals surface area contributed by atoms with Gasteiger partial charge in [0.2, 0.25) is 5.78 Å². The molecule has 0 saturated carbocycles. The molecule has 0 N–H and O–H groups in total. The average molecular weight is 321 g/mol. The number of hydrogen-bond acceptors (Lipinski definition) is 2. The fraction of sp³-hybridized carbons (Fsp3) is 0.273. The first-order valence-electron chi connectivity index (χ1n) is 8.34. The number of aryl methyl sites for hydroxylation is 2. The number of carbonyl (C=O) groups is 1. The van der Waals surface area contributed by atoms with Gasteiger partial charge in [0.05, 0.1) is 0 Å². The molecule has 24 heavy (non-hydrogen) atoms. The van der Waals surface area contributed by atoms with Gasteiger partial charge in [-0.1, -0.05) is 61.5 Å². The van der Waals surface area contributed by atoms with Crippen LogP contribution in [-0.4, -0.2) is 12.0 Å². The molecule has 0 aromatic heterocycles. The molecule has 0 spiro atoms. The van der Waals surface area contributed by atoms with E-state index in [-0.39, 0.29) is 5.78 Å². The van der Waals surface area contributed by atoms with Crippen LogP contribution in [0.25, 0.3) is 0 Å². The Kier molecular flexibility index (Phi) is 8.42. The Morgan fingerprint density at radius 3 is 2.17 bits per heavy atom. The molecule has 2 heteroatoms. The van der Waals surface area contributed by atoms with Crippen LogP contribution < -0.4 is 0 Å². The minimum Gasteiger partial charge on any atom is -0.287 e. The van der Waals surface area contributed by atoms with Crippen molar-refractivity contribution in [2.24, 2.45) is 4.99 Å². The van der Waals surface area contributed by atoms with Gasteiger partial charge >= 0.3 is 0 Å². The van der Waals surface area contributed by atoms with Crippen LogP contribution in [0.4, 0.5) is 0 Å². The maximum Gasteiger partial charge on any atom is 0.211 e. The lowest BCUT2D eigenvalue weighted by atomic mass is 9.99. The molecule has 0 radical (unpaired) electrons. The highest BCUT2D eigenvalue weighted by molar-refractivity contribution is 6.10. The summed E-state index contributed by atoms with van der Waals surface area (Å²) in [5.74, 6) is -0.0122. The zero-order valence-electron chi connectivity index (χ0n) is 15.3. The van der Waals surface area contributed by atoms with E-state index >= 15 is 0 Å². The van der Waals surface area contributed by atoms with Crippen LogP contribution in [-0.2, 0) is 6.42 Å². The van der Waals surface area contributed by atoms with E-state index in [4.69, 9.17) is 0 Å². The number of Topliss-reactive ketones (excluding diaryl/α,β-unsaturated/α-hetero) is 1. The van der Waals surface area contributed by atoms with Crippen LogP contribution in [0.1, 0.15) is 47.8 Å². The number of benzene rings is 2. The van der Waals surface area contributed by atoms with E-state index < -0.39 is 0 Å². The Balaban J connectivity index is 0.000000300. The van der Waals surface area contributed by atoms with Crippen LogP contribution in [0.15, 0.2) is 65.3 Å². The summed E-state index contributed by atoms with van der Waals surface area (Å²) in [6.45, 7) is 9.76. The Labute approximate surface area is 146 Å². The van der Waals surface area contributed by atoms with Crippen molar-refractivity contribution in [3.05, 3.63) is 82.6 Å². The molecule has 2 aromatic rings. The SMILES string of the molecule is CC=N/C(=C\C)C(=O)c1cccc(C)c1C.CCc1ccccc1. The molecule has 0 unspecified atom stereocenters. The van der Waals surface area contributed by atoms with Crippen molar-refractivity contribution < 1.29 is 4.79 Å². The second-order valence-corrected chi connectivity index (χ2v) is 5.48. The molecular weight excluding hydrogens is 294 g/mol. The third-order valence-electron chi connectivity index (χ3n) is 3.87. The Morgan fingerprint density at radius 2 is 1.67 bits per heavy atom. The number of aliphatic imine (C=N–C) groups is 1. The molecule has 0 aliphatic rings. The lowest BCUT2D eigenvalue weighted by Crippen LogP contribution is -2.05. The molecule has 2 nitrogen and oxygen atoms in total. The van der Waals surface area contributed by atoms with Gasteiger partial charge in [-0.25, -0.2) is 0 Å². The second kappa shape index (κ2) is 10.3. The van der Waals surface area contributed by atoms with E-state index in [1.54, 1.807) is 19.2 Å². The van der Waals surface area contributed by atoms with Gasteiger partial charge in [0.25, 0.3) is 0 Å². The molecule has 126 valence electrons. The van der Waals surface area contributed by atoms with Gasteiger partial charge in [-0.05, 0) is 50.8 Å². The predicted octanol–water partition coefficient (Wildman–Crippen LogP) is 5.73. The Bertz CT molecular complexity index is 712. The van der Waals surface area contributed by atoms with Crippen LogP contribution >= 0.6 is 0 Å². The fourth-order valence-electron chi connectivity index (χ4n) is 2.25. The molecule has 0 bridgehead atoms. The zero-order valence-corrected chi connectivity index (χ0v) is 15.3. The van der Waals surface area contributed by atoms with Crippen molar-refractivity contribution in [2.45, 2.75) is 41.0 Å². The van der Waals surface area contributed by atoms with Crippen LogP contribution in [0.3, 0.4) is 0 Å². The molecule has 0 aliphatic carbocycles. The Hall–Kier alpha value is -2.48. The molecule has 2 rings (SSSR count). The highest BCUT2D eigenvalue weighted by Gasteiger charge is 2.13. The van der Waals surface area contributed by atoms with Gasteiger partial charge in [0.1, 0.15) is 5.70 Å². The van der Waals surface area contributed by atoms with E-state index in [1.165, 1.54) is 5.56 Å². The molecule has 0 aliphatic heterocycles. The Morgan fingerprint density at radius 1 is 1.00 bits per heavy atom. The second-order valence-electron chi connectivity index (χ2n) is 5.48. The van der Waals surface area contributed by atoms with E-state index in [0.717, 1.165) is 23.1 Å². The summed E-state index contributed by atoms with van der Waals surface area (Å²) in [4.78, 5) is 16.2. The third kappa shape index (κ3) is 5.62. The van der Waals surface area contributed by atoms with Crippen molar-refractivity contribution in [1.82, 2.24) is 0 Å². The van der Waals surface area contributed by atoms with Crippen molar-refractivity contribution in [3.8, 4) is 0 Å². The van der Waals surface area contributed by atoms with Gasteiger partial charge in [-0.3, -0.25) is 9.79 Å². The van der Waals surface area contributed by atoms with Gasteiger partial charge < -0.3 is 0 Å². The fourth-order valence-corrected chi connectivity index (χ4v) is 2.25. The molecule has 0 heterocycles. The quantitative estimate of drug-likeness (QED) is 0.402. The molecule has 2 aromatic carbocycles. The lowest BCUT2D eigenvalue weighted by molar-refractivity contribution is 0.103. The number of rotatable bonds is 4. The summed E-state index contributed by atoms with van der Waals surface area (Å²) in [6, 6.07) is 16.2. The monoisotopic (exact) mass is 321 g/mol. The summed E-state index contributed by atoms with van der Waals surface area (Å²) in [5.41, 5.74) is 4.79. The summed E-state index contributed by atoms with van der Waals surface area (Å²) in [6.07, 6.45) is 4.52. The number of ketones is 1. The normalized spacial score (nSPS) is 11.1. The van der Waals surface area contributed by atoms with Gasteiger partial charge in [0, 0.05) is 11.8 Å². The van der Waals surface area contributed by atoms with Crippen molar-refractivity contribution in [3.63, 3.8) is 0 Å². The molecule has 0 saturated heterocycles. The highest BCUT2D eigenvalue weighted by atomic mass is 16.1. The standard InChI is InChI=1S/C14H17NO.C8H10/c1-5-13(15-6-2)14(16)12-9-7-8-10(3)11(12)4;1-2-8-6-4-3-5-7-8/h5-9H,1-4H3;3-7H,2H2,1H3/b13-5-,15-6?;. The molecule has 0 fully saturated rings. The minimum absolute atomic E-state index is 0.0122. The minimum atomic E-state index is -0.0122. The lowest BCUT2D eigenvalue weighted by Gasteiger charge is -2.07. The molecular formula is C22H27NO. The number of hydrogen-bond donors (Lipinski definition) is 0. The summed E-state index contributed by atoms with van der Waals surface area (Å²) in [5, 5.41) is 0. The van der Waals surface area contributed by atoms with E-state index in [9.17, 15) is 4.79 Å². The maximum atomic E-state index is 12.2. The highest BCUT2D eigenvalue weighted by Crippen LogP contribution is 2.17. The van der Waals surface area contributed by atoms with Crippen molar-refractivity contribution >= 4 is 12.0 Å². The summed E-state index contributed by atoms with van der Waals surface area (Å²) >= 11 is 0. The van der Waals surface area contributed by atoms with Crippen LogP contribution in [0, 0.1) is 13.8 Å². The average Bonchev–Trinajstić information content (AvgIpc) is 2.62. The first-order valence-corrected chi connectivity index (χ1v) is 8.34. The first kappa shape index (κ1) is 19.6. The predicted molar refractivity (Wildman–Crippen MR) is 104 cm³/mol. The molecule has 0 atom stereocenters. The van der Waals surface area contributed by atoms with Gasteiger partial charge in [-0.15, -0.1) is 0 Å². The number of carbonyl (C=O) groups excluding carboxylic acids is 1. The largest absolute Gasteiger partial charge is 0.287 e. The van der Waals surface area contributed by atoms with E-state index in [0.29, 0.717) is 5.70 Å². The zero-order chi connectivity index (χ0) is 17.9. The smallest absolute Gasteiger partial charge is 0.211 e. The summed E-state index contributed by atoms with van der Waals surface area (Å²) < 4.78 is 0. The van der Waals surface area contributed by atoms with Crippen molar-refractivity contribution in [2.75, 3.05) is 0 Å². The maximum absolute atomic E-state index is 12.2. The summed E-state index contributed by atoms with van der Waals surface area (Å²) in [7, 11) is 0. The van der Waals surface area contributed by atoms with Gasteiger partial charge in [0.15, 0.2) is 0 Å². The van der Waals surface area contributed by atoms with E-state index in [1.807, 2.05) is 45.0 Å². The number of allylic oxidation sites excluding steroid dienone is 2. The van der Waals surface area contributed by atoms with Gasteiger partial charge in [-0.2, -0.15) is 0 Å². The molecule has 0 amide bonds. The van der Waals surface area contributed by atoms with E-state index in [2.05, 4.69) is 36.2 Å². The van der Waals surface area contributed by atoms with Crippen molar-refractivity contribution in [1.29, 1.82) is 0 Å². The number of nitrogens with zero attached hydrogens (tertiary/aromatic N) is 1. The first-order chi connectivity index (χ1) is 11.5. The topological polar surface area (TPSA) is 29.4 Å². The van der Waals surface area contributed by atoms with Crippen LogP contribution in [0.2, 0.25) is 0 Å². The third-order valence-corrected chi connectivity index (χ3v) is 3.87. The van der Waals surface area contributed by atoms with Crippen LogP contribution in [0.5, 0.6) is 0 Å².